The summed E-state index contributed by atoms with van der Waals surface area (Å²) in [6.45, 7) is 2.04. The normalized spacial score (nSPS) is 12.1. The van der Waals surface area contributed by atoms with Crippen LogP contribution in [0.4, 0.5) is 5.95 Å². The number of aromatic nitrogens is 4. The highest BCUT2D eigenvalue weighted by Crippen LogP contribution is 2.29. The van der Waals surface area contributed by atoms with Crippen LogP contribution in [-0.4, -0.2) is 20.2 Å². The van der Waals surface area contributed by atoms with Gasteiger partial charge in [0.1, 0.15) is 0 Å². The van der Waals surface area contributed by atoms with Gasteiger partial charge < -0.3 is 5.32 Å². The van der Waals surface area contributed by atoms with E-state index in [0.29, 0.717) is 21.7 Å². The average Bonchev–Trinajstić information content (AvgIpc) is 2.99. The van der Waals surface area contributed by atoms with E-state index in [1.54, 1.807) is 12.1 Å². The number of anilines is 1. The monoisotopic (exact) mass is 333 g/mol. The molecule has 0 fully saturated rings. The highest BCUT2D eigenvalue weighted by Gasteiger charge is 2.15. The summed E-state index contributed by atoms with van der Waals surface area (Å²) in [4.78, 5) is 0. The lowest BCUT2D eigenvalue weighted by molar-refractivity contribution is 0.781. The van der Waals surface area contributed by atoms with Gasteiger partial charge in [-0.2, -0.15) is 4.68 Å². The summed E-state index contributed by atoms with van der Waals surface area (Å²) in [7, 11) is 0. The standard InChI is InChI=1S/C15H13Cl2N5/c1-10(11-6-3-2-4-7-11)18-15-19-20-21-22(15)13-9-5-8-12(16)14(13)17/h2-10H,1H3,(H,18,19,21)/t10-/m1/s1. The van der Waals surface area contributed by atoms with Crippen molar-refractivity contribution >= 4 is 29.2 Å². The lowest BCUT2D eigenvalue weighted by Crippen LogP contribution is -2.12. The third-order valence-corrected chi connectivity index (χ3v) is 4.08. The highest BCUT2D eigenvalue weighted by molar-refractivity contribution is 6.43. The van der Waals surface area contributed by atoms with Crippen molar-refractivity contribution in [2.45, 2.75) is 13.0 Å². The maximum Gasteiger partial charge on any atom is 0.248 e. The van der Waals surface area contributed by atoms with E-state index in [2.05, 4.69) is 20.8 Å². The number of rotatable bonds is 4. The molecule has 0 saturated heterocycles. The minimum absolute atomic E-state index is 0.0453. The van der Waals surface area contributed by atoms with Crippen LogP contribution in [0, 0.1) is 0 Å². The summed E-state index contributed by atoms with van der Waals surface area (Å²) < 4.78 is 1.54. The predicted octanol–water partition coefficient (Wildman–Crippen LogP) is 4.14. The molecule has 1 heterocycles. The summed E-state index contributed by atoms with van der Waals surface area (Å²) in [5.74, 6) is 0.500. The molecule has 0 bridgehead atoms. The summed E-state index contributed by atoms with van der Waals surface area (Å²) in [5.41, 5.74) is 1.76. The molecule has 5 nitrogen and oxygen atoms in total. The van der Waals surface area contributed by atoms with Crippen molar-refractivity contribution in [2.75, 3.05) is 5.32 Å². The fourth-order valence-electron chi connectivity index (χ4n) is 2.11. The second-order valence-electron chi connectivity index (χ2n) is 4.76. The maximum atomic E-state index is 6.23. The van der Waals surface area contributed by atoms with Crippen LogP contribution >= 0.6 is 23.2 Å². The van der Waals surface area contributed by atoms with Crippen LogP contribution < -0.4 is 5.32 Å². The van der Waals surface area contributed by atoms with E-state index in [9.17, 15) is 0 Å². The number of hydrogen-bond donors (Lipinski definition) is 1. The van der Waals surface area contributed by atoms with Crippen LogP contribution in [-0.2, 0) is 0 Å². The Labute approximate surface area is 137 Å². The van der Waals surface area contributed by atoms with E-state index in [1.165, 1.54) is 4.68 Å². The SMILES string of the molecule is C[C@@H](Nc1nnnn1-c1cccc(Cl)c1Cl)c1ccccc1. The molecule has 3 aromatic rings. The molecular formula is C15H13Cl2N5. The molecule has 0 aliphatic carbocycles. The molecule has 0 aliphatic heterocycles. The van der Waals surface area contributed by atoms with E-state index in [-0.39, 0.29) is 6.04 Å². The van der Waals surface area contributed by atoms with E-state index in [0.717, 1.165) is 5.56 Å². The molecule has 1 atom stereocenters. The molecule has 1 aromatic heterocycles. The number of nitrogens with one attached hydrogen (secondary N) is 1. The summed E-state index contributed by atoms with van der Waals surface area (Å²) in [6, 6.07) is 15.4. The summed E-state index contributed by atoms with van der Waals surface area (Å²) in [6.07, 6.45) is 0. The number of benzene rings is 2. The molecule has 0 radical (unpaired) electrons. The molecule has 0 spiro atoms. The van der Waals surface area contributed by atoms with E-state index in [1.807, 2.05) is 43.3 Å². The van der Waals surface area contributed by atoms with Crippen molar-refractivity contribution in [3.63, 3.8) is 0 Å². The van der Waals surface area contributed by atoms with E-state index < -0.39 is 0 Å². The number of nitrogens with zero attached hydrogens (tertiary/aromatic N) is 4. The molecule has 1 N–H and O–H groups in total. The van der Waals surface area contributed by atoms with Gasteiger partial charge in [0.2, 0.25) is 5.95 Å². The average molecular weight is 334 g/mol. The van der Waals surface area contributed by atoms with Crippen LogP contribution in [0.15, 0.2) is 48.5 Å². The lowest BCUT2D eigenvalue weighted by Gasteiger charge is -2.15. The van der Waals surface area contributed by atoms with E-state index in [4.69, 9.17) is 23.2 Å². The van der Waals surface area contributed by atoms with Crippen molar-refractivity contribution < 1.29 is 0 Å². The van der Waals surface area contributed by atoms with Crippen LogP contribution in [0.1, 0.15) is 18.5 Å². The zero-order valence-corrected chi connectivity index (χ0v) is 13.3. The Kier molecular flexibility index (Phi) is 4.27. The first kappa shape index (κ1) is 14.8. The van der Waals surface area contributed by atoms with Gasteiger partial charge in [0.25, 0.3) is 0 Å². The first-order valence-electron chi connectivity index (χ1n) is 6.71. The quantitative estimate of drug-likeness (QED) is 0.779. The fraction of sp³-hybridized carbons (Fsp3) is 0.133. The lowest BCUT2D eigenvalue weighted by atomic mass is 10.1. The summed E-state index contributed by atoms with van der Waals surface area (Å²) in [5, 5.41) is 15.9. The van der Waals surface area contributed by atoms with Gasteiger partial charge in [0.05, 0.1) is 21.8 Å². The van der Waals surface area contributed by atoms with E-state index >= 15 is 0 Å². The second-order valence-corrected chi connectivity index (χ2v) is 5.55. The van der Waals surface area contributed by atoms with Crippen molar-refractivity contribution in [2.24, 2.45) is 0 Å². The molecule has 0 aliphatic rings. The van der Waals surface area contributed by atoms with Crippen LogP contribution in [0.25, 0.3) is 5.69 Å². The predicted molar refractivity (Wildman–Crippen MR) is 87.7 cm³/mol. The molecule has 0 amide bonds. The van der Waals surface area contributed by atoms with Gasteiger partial charge in [-0.1, -0.05) is 64.7 Å². The van der Waals surface area contributed by atoms with Crippen LogP contribution in [0.5, 0.6) is 0 Å². The zero-order valence-electron chi connectivity index (χ0n) is 11.7. The number of tetrazole rings is 1. The molecule has 2 aromatic carbocycles. The topological polar surface area (TPSA) is 55.6 Å². The van der Waals surface area contributed by atoms with Crippen LogP contribution in [0.3, 0.4) is 0 Å². The minimum atomic E-state index is 0.0453. The Morgan fingerprint density at radius 1 is 1.05 bits per heavy atom. The van der Waals surface area contributed by atoms with Crippen molar-refractivity contribution in [3.05, 3.63) is 64.1 Å². The van der Waals surface area contributed by atoms with Gasteiger partial charge >= 0.3 is 0 Å². The molecule has 22 heavy (non-hydrogen) atoms. The first-order chi connectivity index (χ1) is 10.7. The molecule has 3 rings (SSSR count). The van der Waals surface area contributed by atoms with Gasteiger partial charge in [-0.05, 0) is 35.0 Å². The Balaban J connectivity index is 1.91. The molecular weight excluding hydrogens is 321 g/mol. The summed E-state index contributed by atoms with van der Waals surface area (Å²) >= 11 is 12.3. The Morgan fingerprint density at radius 2 is 1.82 bits per heavy atom. The van der Waals surface area contributed by atoms with Gasteiger partial charge in [0.15, 0.2) is 0 Å². The molecule has 0 saturated carbocycles. The largest absolute Gasteiger partial charge is 0.346 e. The number of hydrogen-bond acceptors (Lipinski definition) is 4. The van der Waals surface area contributed by atoms with Gasteiger partial charge in [-0.3, -0.25) is 0 Å². The fourth-order valence-corrected chi connectivity index (χ4v) is 2.49. The third kappa shape index (κ3) is 2.91. The third-order valence-electron chi connectivity index (χ3n) is 3.27. The Hall–Kier alpha value is -2.11. The van der Waals surface area contributed by atoms with Gasteiger partial charge in [-0.25, -0.2) is 0 Å². The van der Waals surface area contributed by atoms with Crippen molar-refractivity contribution in [3.8, 4) is 5.69 Å². The smallest absolute Gasteiger partial charge is 0.248 e. The first-order valence-corrected chi connectivity index (χ1v) is 7.46. The van der Waals surface area contributed by atoms with Gasteiger partial charge in [0, 0.05) is 0 Å². The molecule has 0 unspecified atom stereocenters. The number of halogens is 2. The minimum Gasteiger partial charge on any atom is -0.346 e. The second kappa shape index (κ2) is 6.34. The highest BCUT2D eigenvalue weighted by atomic mass is 35.5. The molecule has 7 heteroatoms. The molecule has 112 valence electrons. The van der Waals surface area contributed by atoms with Crippen molar-refractivity contribution in [1.82, 2.24) is 20.2 Å². The van der Waals surface area contributed by atoms with Crippen molar-refractivity contribution in [1.29, 1.82) is 0 Å². The van der Waals surface area contributed by atoms with Gasteiger partial charge in [-0.15, -0.1) is 0 Å². The zero-order chi connectivity index (χ0) is 15.5. The maximum absolute atomic E-state index is 6.23. The van der Waals surface area contributed by atoms with Crippen LogP contribution in [0.2, 0.25) is 10.0 Å². The Morgan fingerprint density at radius 3 is 2.59 bits per heavy atom. The Bertz CT molecular complexity index is 773.